The third kappa shape index (κ3) is 3.47. The second-order valence-corrected chi connectivity index (χ2v) is 6.53. The van der Waals surface area contributed by atoms with Crippen molar-refractivity contribution < 1.29 is 23.8 Å². The highest BCUT2D eigenvalue weighted by atomic mass is 16.5. The van der Waals surface area contributed by atoms with Crippen molar-refractivity contribution in [3.63, 3.8) is 0 Å². The molecule has 1 aliphatic heterocycles. The number of hydrogen-bond acceptors (Lipinski definition) is 5. The van der Waals surface area contributed by atoms with Crippen LogP contribution in [-0.2, 0) is 9.59 Å². The molecule has 1 aromatic heterocycles. The van der Waals surface area contributed by atoms with Gasteiger partial charge in [0.1, 0.15) is 29.1 Å². The minimum atomic E-state index is -0.739. The number of unbranched alkanes of at least 4 members (excludes halogenated alkanes) is 1. The molecule has 6 heteroatoms. The van der Waals surface area contributed by atoms with Gasteiger partial charge in [0.05, 0.1) is 12.7 Å². The standard InChI is InChI=1S/C21H23NO5/c1-4-5-11-22-18(16-10-9-13(2)27-16)17(20(24)21(22)25)19(23)14-7-6-8-15(12-14)26-3/h6-10,12,18,23H,4-5,11H2,1-3H3/b19-17-. The number of amides is 1. The lowest BCUT2D eigenvalue weighted by molar-refractivity contribution is -0.140. The lowest BCUT2D eigenvalue weighted by atomic mass is 9.99. The molecule has 1 aliphatic rings. The normalized spacial score (nSPS) is 18.9. The Labute approximate surface area is 158 Å². The molecule has 0 aliphatic carbocycles. The van der Waals surface area contributed by atoms with Gasteiger partial charge in [0.2, 0.25) is 0 Å². The van der Waals surface area contributed by atoms with Gasteiger partial charge in [0.15, 0.2) is 0 Å². The van der Waals surface area contributed by atoms with Gasteiger partial charge in [-0.15, -0.1) is 0 Å². The number of likely N-dealkylation sites (tertiary alicyclic amines) is 1. The minimum Gasteiger partial charge on any atom is -0.507 e. The molecule has 0 saturated carbocycles. The molecule has 1 aromatic carbocycles. The van der Waals surface area contributed by atoms with Gasteiger partial charge in [-0.3, -0.25) is 9.59 Å². The summed E-state index contributed by atoms with van der Waals surface area (Å²) in [6, 6.07) is 9.53. The van der Waals surface area contributed by atoms with E-state index in [1.807, 2.05) is 6.92 Å². The molecule has 2 aromatic rings. The zero-order valence-electron chi connectivity index (χ0n) is 15.7. The van der Waals surface area contributed by atoms with E-state index in [9.17, 15) is 14.7 Å². The highest BCUT2D eigenvalue weighted by Gasteiger charge is 2.47. The molecule has 6 nitrogen and oxygen atoms in total. The third-order valence-corrected chi connectivity index (χ3v) is 4.67. The van der Waals surface area contributed by atoms with Gasteiger partial charge >= 0.3 is 0 Å². The van der Waals surface area contributed by atoms with E-state index in [0.29, 0.717) is 29.4 Å². The van der Waals surface area contributed by atoms with Crippen LogP contribution in [0.25, 0.3) is 5.76 Å². The highest BCUT2D eigenvalue weighted by Crippen LogP contribution is 2.40. The first-order valence-electron chi connectivity index (χ1n) is 8.97. The largest absolute Gasteiger partial charge is 0.507 e. The predicted molar refractivity (Wildman–Crippen MR) is 100 cm³/mol. The van der Waals surface area contributed by atoms with Crippen LogP contribution in [0.3, 0.4) is 0 Å². The highest BCUT2D eigenvalue weighted by molar-refractivity contribution is 6.46. The van der Waals surface area contributed by atoms with E-state index >= 15 is 0 Å². The van der Waals surface area contributed by atoms with Crippen molar-refractivity contribution in [3.8, 4) is 5.75 Å². The fourth-order valence-corrected chi connectivity index (χ4v) is 3.26. The molecule has 1 amide bonds. The second-order valence-electron chi connectivity index (χ2n) is 6.53. The first-order chi connectivity index (χ1) is 13.0. The van der Waals surface area contributed by atoms with Crippen molar-refractivity contribution in [1.82, 2.24) is 4.90 Å². The van der Waals surface area contributed by atoms with Crippen LogP contribution in [-0.4, -0.2) is 35.4 Å². The molecule has 1 N–H and O–H groups in total. The molecule has 1 unspecified atom stereocenters. The zero-order valence-corrected chi connectivity index (χ0v) is 15.7. The van der Waals surface area contributed by atoms with Crippen molar-refractivity contribution in [2.75, 3.05) is 13.7 Å². The average molecular weight is 369 g/mol. The van der Waals surface area contributed by atoms with Crippen molar-refractivity contribution >= 4 is 17.4 Å². The quantitative estimate of drug-likeness (QED) is 0.476. The summed E-state index contributed by atoms with van der Waals surface area (Å²) >= 11 is 0. The molecule has 1 atom stereocenters. The van der Waals surface area contributed by atoms with E-state index < -0.39 is 17.7 Å². The Morgan fingerprint density at radius 1 is 1.26 bits per heavy atom. The molecule has 0 radical (unpaired) electrons. The van der Waals surface area contributed by atoms with Crippen LogP contribution in [0.1, 0.15) is 42.9 Å². The van der Waals surface area contributed by atoms with Gasteiger partial charge in [-0.1, -0.05) is 25.5 Å². The van der Waals surface area contributed by atoms with E-state index in [4.69, 9.17) is 9.15 Å². The van der Waals surface area contributed by atoms with Crippen LogP contribution >= 0.6 is 0 Å². The maximum absolute atomic E-state index is 12.8. The fourth-order valence-electron chi connectivity index (χ4n) is 3.26. The maximum atomic E-state index is 12.8. The number of aryl methyl sites for hydroxylation is 1. The first kappa shape index (κ1) is 18.8. The van der Waals surface area contributed by atoms with E-state index in [0.717, 1.165) is 12.8 Å². The molecular weight excluding hydrogens is 346 g/mol. The van der Waals surface area contributed by atoms with Crippen LogP contribution in [0.4, 0.5) is 0 Å². The summed E-state index contributed by atoms with van der Waals surface area (Å²) in [5.74, 6) is 0.132. The minimum absolute atomic E-state index is 0.0405. The number of rotatable bonds is 6. The average Bonchev–Trinajstić information content (AvgIpc) is 3.21. The number of carbonyl (C=O) groups excluding carboxylic acids is 2. The maximum Gasteiger partial charge on any atom is 0.295 e. The Morgan fingerprint density at radius 3 is 2.67 bits per heavy atom. The zero-order chi connectivity index (χ0) is 19.6. The topological polar surface area (TPSA) is 80.0 Å². The summed E-state index contributed by atoms with van der Waals surface area (Å²) in [6.07, 6.45) is 1.63. The van der Waals surface area contributed by atoms with E-state index in [1.165, 1.54) is 12.0 Å². The summed E-state index contributed by atoms with van der Waals surface area (Å²) in [7, 11) is 1.52. The molecule has 142 valence electrons. The number of carbonyl (C=O) groups is 2. The molecule has 2 heterocycles. The van der Waals surface area contributed by atoms with E-state index in [1.54, 1.807) is 43.3 Å². The summed E-state index contributed by atoms with van der Waals surface area (Å²) in [4.78, 5) is 26.9. The number of nitrogens with zero attached hydrogens (tertiary/aromatic N) is 1. The number of hydrogen-bond donors (Lipinski definition) is 1. The van der Waals surface area contributed by atoms with Crippen LogP contribution < -0.4 is 4.74 Å². The number of aliphatic hydroxyl groups excluding tert-OH is 1. The van der Waals surface area contributed by atoms with Crippen LogP contribution in [0, 0.1) is 6.92 Å². The number of Topliss-reactive ketones (excluding diaryl/α,β-unsaturated/α-hetero) is 1. The molecule has 0 bridgehead atoms. The number of methoxy groups -OCH3 is 1. The van der Waals surface area contributed by atoms with Gasteiger partial charge in [-0.05, 0) is 37.6 Å². The van der Waals surface area contributed by atoms with Crippen molar-refractivity contribution in [2.45, 2.75) is 32.7 Å². The van der Waals surface area contributed by atoms with Gasteiger partial charge in [0.25, 0.3) is 11.7 Å². The van der Waals surface area contributed by atoms with Gasteiger partial charge in [-0.25, -0.2) is 0 Å². The van der Waals surface area contributed by atoms with Crippen molar-refractivity contribution in [1.29, 1.82) is 0 Å². The van der Waals surface area contributed by atoms with Crippen LogP contribution in [0.15, 0.2) is 46.4 Å². The SMILES string of the molecule is CCCCN1C(=O)C(=O)/C(=C(\O)c2cccc(OC)c2)C1c1ccc(C)o1. The number of furan rings is 1. The fraction of sp³-hybridized carbons (Fsp3) is 0.333. The number of aliphatic hydroxyl groups is 1. The molecular formula is C21H23NO5. The van der Waals surface area contributed by atoms with Crippen LogP contribution in [0.5, 0.6) is 5.75 Å². The predicted octanol–water partition coefficient (Wildman–Crippen LogP) is 3.82. The second kappa shape index (κ2) is 7.70. The van der Waals surface area contributed by atoms with Gasteiger partial charge in [-0.2, -0.15) is 0 Å². The Hall–Kier alpha value is -3.02. The Bertz CT molecular complexity index is 895. The van der Waals surface area contributed by atoms with Gasteiger partial charge in [0, 0.05) is 12.1 Å². The molecule has 1 fully saturated rings. The Morgan fingerprint density at radius 2 is 2.04 bits per heavy atom. The Kier molecular flexibility index (Phi) is 5.35. The van der Waals surface area contributed by atoms with E-state index in [2.05, 4.69) is 0 Å². The lowest BCUT2D eigenvalue weighted by Crippen LogP contribution is -2.30. The number of ketones is 1. The monoisotopic (exact) mass is 369 g/mol. The van der Waals surface area contributed by atoms with E-state index in [-0.39, 0.29) is 11.3 Å². The molecule has 1 saturated heterocycles. The summed E-state index contributed by atoms with van der Waals surface area (Å²) < 4.78 is 10.9. The summed E-state index contributed by atoms with van der Waals surface area (Å²) in [6.45, 7) is 4.23. The summed E-state index contributed by atoms with van der Waals surface area (Å²) in [5.41, 5.74) is 0.454. The van der Waals surface area contributed by atoms with Gasteiger partial charge < -0.3 is 19.2 Å². The first-order valence-corrected chi connectivity index (χ1v) is 8.97. The number of benzene rings is 1. The Balaban J connectivity index is 2.14. The molecule has 0 spiro atoms. The molecule has 3 rings (SSSR count). The summed E-state index contributed by atoms with van der Waals surface area (Å²) in [5, 5.41) is 10.9. The van der Waals surface area contributed by atoms with Crippen LogP contribution in [0.2, 0.25) is 0 Å². The van der Waals surface area contributed by atoms with Crippen molar-refractivity contribution in [2.24, 2.45) is 0 Å². The smallest absolute Gasteiger partial charge is 0.295 e. The lowest BCUT2D eigenvalue weighted by Gasteiger charge is -2.23. The third-order valence-electron chi connectivity index (χ3n) is 4.67. The van der Waals surface area contributed by atoms with Crippen molar-refractivity contribution in [3.05, 3.63) is 59.1 Å². The number of ether oxygens (including phenoxy) is 1. The molecule has 27 heavy (non-hydrogen) atoms.